The lowest BCUT2D eigenvalue weighted by atomic mass is 10.1. The van der Waals surface area contributed by atoms with E-state index in [9.17, 15) is 18.0 Å². The van der Waals surface area contributed by atoms with E-state index in [2.05, 4.69) is 15.0 Å². The minimum Gasteiger partial charge on any atom is -0.294 e. The Morgan fingerprint density at radius 1 is 0.861 bits per heavy atom. The maximum Gasteiger partial charge on any atom is 0.416 e. The van der Waals surface area contributed by atoms with Gasteiger partial charge in [0.05, 0.1) is 23.1 Å². The number of aryl methyl sites for hydroxylation is 1. The van der Waals surface area contributed by atoms with Crippen LogP contribution >= 0.6 is 0 Å². The molecular weight excluding hydrogens is 467 g/mol. The second-order valence-corrected chi connectivity index (χ2v) is 8.63. The van der Waals surface area contributed by atoms with Crippen molar-refractivity contribution < 1.29 is 13.2 Å². The second-order valence-electron chi connectivity index (χ2n) is 8.63. The SMILES string of the molecule is Cc1ccc(Cn2cnc3c(c2=O)c2nc4ccccc4nc2n3-c2cccc(C(F)(F)F)c2)cc1. The molecule has 36 heavy (non-hydrogen) atoms. The molecule has 6 rings (SSSR count). The molecule has 0 aliphatic carbocycles. The van der Waals surface area contributed by atoms with Crippen LogP contribution in [-0.2, 0) is 12.7 Å². The highest BCUT2D eigenvalue weighted by Crippen LogP contribution is 2.33. The maximum atomic E-state index is 13.7. The van der Waals surface area contributed by atoms with Gasteiger partial charge in [0.1, 0.15) is 17.2 Å². The van der Waals surface area contributed by atoms with Gasteiger partial charge in [-0.1, -0.05) is 48.0 Å². The highest BCUT2D eigenvalue weighted by Gasteiger charge is 2.31. The molecule has 0 atom stereocenters. The Hall–Kier alpha value is -4.53. The van der Waals surface area contributed by atoms with E-state index in [1.165, 1.54) is 27.6 Å². The highest BCUT2D eigenvalue weighted by atomic mass is 19.4. The Balaban J connectivity index is 1.66. The van der Waals surface area contributed by atoms with E-state index < -0.39 is 11.7 Å². The number of hydrogen-bond donors (Lipinski definition) is 0. The summed E-state index contributed by atoms with van der Waals surface area (Å²) in [6, 6.07) is 19.8. The summed E-state index contributed by atoms with van der Waals surface area (Å²) in [6.45, 7) is 2.27. The van der Waals surface area contributed by atoms with E-state index in [-0.39, 0.29) is 33.4 Å². The predicted molar refractivity (Wildman–Crippen MR) is 131 cm³/mol. The van der Waals surface area contributed by atoms with E-state index in [0.717, 1.165) is 23.3 Å². The van der Waals surface area contributed by atoms with Gasteiger partial charge in [0, 0.05) is 5.69 Å². The zero-order chi connectivity index (χ0) is 25.0. The highest BCUT2D eigenvalue weighted by molar-refractivity contribution is 6.05. The van der Waals surface area contributed by atoms with Crippen LogP contribution in [0.2, 0.25) is 0 Å². The topological polar surface area (TPSA) is 65.6 Å². The molecule has 0 radical (unpaired) electrons. The number of hydrogen-bond acceptors (Lipinski definition) is 4. The van der Waals surface area contributed by atoms with Crippen molar-refractivity contribution in [2.45, 2.75) is 19.6 Å². The summed E-state index contributed by atoms with van der Waals surface area (Å²) in [7, 11) is 0. The molecule has 0 saturated heterocycles. The smallest absolute Gasteiger partial charge is 0.294 e. The number of nitrogens with zero attached hydrogens (tertiary/aromatic N) is 5. The first-order valence-electron chi connectivity index (χ1n) is 11.2. The van der Waals surface area contributed by atoms with Gasteiger partial charge in [-0.2, -0.15) is 13.2 Å². The third-order valence-electron chi connectivity index (χ3n) is 6.14. The fourth-order valence-electron chi connectivity index (χ4n) is 4.34. The van der Waals surface area contributed by atoms with Crippen molar-refractivity contribution >= 4 is 33.2 Å². The van der Waals surface area contributed by atoms with Crippen LogP contribution in [0.25, 0.3) is 38.9 Å². The standard InChI is InChI=1S/C27H18F3N5O/c1-16-9-11-17(12-10-16)14-34-15-31-24-22(26(34)36)23-25(33-21-8-3-2-7-20(21)32-23)35(24)19-6-4-5-18(13-19)27(28,29)30/h2-13,15H,14H2,1H3. The Bertz CT molecular complexity index is 1840. The first-order valence-corrected chi connectivity index (χ1v) is 11.2. The van der Waals surface area contributed by atoms with E-state index in [1.54, 1.807) is 18.2 Å². The van der Waals surface area contributed by atoms with Gasteiger partial charge in [-0.25, -0.2) is 15.0 Å². The molecule has 0 amide bonds. The average molecular weight is 485 g/mol. The van der Waals surface area contributed by atoms with Crippen LogP contribution in [0.3, 0.4) is 0 Å². The van der Waals surface area contributed by atoms with Gasteiger partial charge < -0.3 is 0 Å². The number of rotatable bonds is 3. The minimum absolute atomic E-state index is 0.192. The van der Waals surface area contributed by atoms with Crippen molar-refractivity contribution in [2.75, 3.05) is 0 Å². The molecule has 6 nitrogen and oxygen atoms in total. The minimum atomic E-state index is -4.53. The second kappa shape index (κ2) is 8.01. The van der Waals surface area contributed by atoms with E-state index in [0.29, 0.717) is 17.6 Å². The first kappa shape index (κ1) is 22.0. The van der Waals surface area contributed by atoms with Crippen molar-refractivity contribution in [3.8, 4) is 5.69 Å². The van der Waals surface area contributed by atoms with E-state index in [1.807, 2.05) is 37.3 Å². The van der Waals surface area contributed by atoms with Gasteiger partial charge in [-0.05, 0) is 42.8 Å². The fraction of sp³-hybridized carbons (Fsp3) is 0.111. The molecule has 3 heterocycles. The number of aromatic nitrogens is 5. The number of halogens is 3. The van der Waals surface area contributed by atoms with Gasteiger partial charge >= 0.3 is 6.18 Å². The van der Waals surface area contributed by atoms with Crippen LogP contribution in [0.5, 0.6) is 0 Å². The maximum absolute atomic E-state index is 13.7. The summed E-state index contributed by atoms with van der Waals surface area (Å²) in [6.07, 6.45) is -3.12. The number of fused-ring (bicyclic) bond motifs is 4. The summed E-state index contributed by atoms with van der Waals surface area (Å²) >= 11 is 0. The molecule has 0 N–H and O–H groups in total. The molecule has 178 valence electrons. The summed E-state index contributed by atoms with van der Waals surface area (Å²) in [5, 5.41) is 0.204. The summed E-state index contributed by atoms with van der Waals surface area (Å²) < 4.78 is 43.4. The van der Waals surface area contributed by atoms with Gasteiger partial charge in [-0.3, -0.25) is 13.9 Å². The molecular formula is C27H18F3N5O. The Morgan fingerprint density at radius 3 is 2.31 bits per heavy atom. The largest absolute Gasteiger partial charge is 0.416 e. The average Bonchev–Trinajstić information content (AvgIpc) is 3.19. The summed E-state index contributed by atoms with van der Waals surface area (Å²) in [5.74, 6) is 0. The lowest BCUT2D eigenvalue weighted by Crippen LogP contribution is -2.21. The molecule has 3 aromatic carbocycles. The van der Waals surface area contributed by atoms with Crippen LogP contribution in [0.15, 0.2) is 83.9 Å². The van der Waals surface area contributed by atoms with Gasteiger partial charge in [-0.15, -0.1) is 0 Å². The van der Waals surface area contributed by atoms with Gasteiger partial charge in [0.2, 0.25) is 0 Å². The number of para-hydroxylation sites is 2. The zero-order valence-corrected chi connectivity index (χ0v) is 19.0. The molecule has 0 saturated carbocycles. The molecule has 3 aromatic heterocycles. The summed E-state index contributed by atoms with van der Waals surface area (Å²) in [5.41, 5.74) is 2.94. The molecule has 0 aliphatic heterocycles. The van der Waals surface area contributed by atoms with Crippen molar-refractivity contribution in [3.05, 3.63) is 106 Å². The fourth-order valence-corrected chi connectivity index (χ4v) is 4.34. The van der Waals surface area contributed by atoms with Crippen molar-refractivity contribution in [1.82, 2.24) is 24.1 Å². The molecule has 9 heteroatoms. The lowest BCUT2D eigenvalue weighted by Gasteiger charge is -2.11. The molecule has 0 unspecified atom stereocenters. The summed E-state index contributed by atoms with van der Waals surface area (Å²) in [4.78, 5) is 27.6. The number of alkyl halides is 3. The first-order chi connectivity index (χ1) is 17.3. The lowest BCUT2D eigenvalue weighted by molar-refractivity contribution is -0.137. The van der Waals surface area contributed by atoms with Crippen LogP contribution < -0.4 is 5.56 Å². The number of benzene rings is 3. The van der Waals surface area contributed by atoms with Crippen LogP contribution in [-0.4, -0.2) is 24.1 Å². The van der Waals surface area contributed by atoms with Gasteiger partial charge in [0.25, 0.3) is 5.56 Å². The van der Waals surface area contributed by atoms with Crippen LogP contribution in [0.4, 0.5) is 13.2 Å². The normalized spacial score (nSPS) is 12.1. The molecule has 0 spiro atoms. The van der Waals surface area contributed by atoms with Crippen molar-refractivity contribution in [2.24, 2.45) is 0 Å². The van der Waals surface area contributed by atoms with E-state index in [4.69, 9.17) is 0 Å². The quantitative estimate of drug-likeness (QED) is 0.325. The monoisotopic (exact) mass is 485 g/mol. The molecule has 0 fully saturated rings. The third kappa shape index (κ3) is 3.60. The van der Waals surface area contributed by atoms with Crippen molar-refractivity contribution in [3.63, 3.8) is 0 Å². The van der Waals surface area contributed by atoms with E-state index >= 15 is 0 Å². The predicted octanol–water partition coefficient (Wildman–Crippen LogP) is 5.66. The third-order valence-corrected chi connectivity index (χ3v) is 6.14. The van der Waals surface area contributed by atoms with Crippen LogP contribution in [0.1, 0.15) is 16.7 Å². The molecule has 6 aromatic rings. The van der Waals surface area contributed by atoms with Gasteiger partial charge in [0.15, 0.2) is 11.3 Å². The Labute approximate surface area is 202 Å². The Kier molecular flexibility index (Phi) is 4.89. The van der Waals surface area contributed by atoms with Crippen molar-refractivity contribution in [1.29, 1.82) is 0 Å². The Morgan fingerprint density at radius 2 is 1.58 bits per heavy atom. The molecule has 0 bridgehead atoms. The zero-order valence-electron chi connectivity index (χ0n) is 19.0. The van der Waals surface area contributed by atoms with Crippen LogP contribution in [0, 0.1) is 6.92 Å². The molecule has 0 aliphatic rings.